The molecule has 0 heterocycles. The molecular formula is C16H22FNO. The molecule has 0 aliphatic heterocycles. The highest BCUT2D eigenvalue weighted by Crippen LogP contribution is 2.25. The molecule has 2 rings (SSSR count). The van der Waals surface area contributed by atoms with Crippen molar-refractivity contribution in [3.8, 4) is 0 Å². The fourth-order valence-corrected chi connectivity index (χ4v) is 2.77. The van der Waals surface area contributed by atoms with Crippen molar-refractivity contribution in [1.82, 2.24) is 5.32 Å². The lowest BCUT2D eigenvalue weighted by atomic mass is 9.87. The number of benzene rings is 1. The van der Waals surface area contributed by atoms with Gasteiger partial charge in [0.1, 0.15) is 5.82 Å². The molecule has 0 atom stereocenters. The third kappa shape index (κ3) is 4.05. The lowest BCUT2D eigenvalue weighted by Gasteiger charge is -2.21. The van der Waals surface area contributed by atoms with E-state index in [-0.39, 0.29) is 11.5 Å². The molecule has 1 saturated carbocycles. The third-order valence-electron chi connectivity index (χ3n) is 3.93. The summed E-state index contributed by atoms with van der Waals surface area (Å²) < 4.78 is 13.6. The average molecular weight is 263 g/mol. The zero-order chi connectivity index (χ0) is 13.7. The molecule has 1 aromatic carbocycles. The number of halogens is 1. The van der Waals surface area contributed by atoms with Crippen LogP contribution in [0.1, 0.15) is 54.4 Å². The first kappa shape index (κ1) is 14.0. The summed E-state index contributed by atoms with van der Waals surface area (Å²) in [5.41, 5.74) is 0.977. The lowest BCUT2D eigenvalue weighted by Crippen LogP contribution is -2.27. The minimum Gasteiger partial charge on any atom is -0.352 e. The molecule has 0 saturated heterocycles. The van der Waals surface area contributed by atoms with Crippen LogP contribution in [0.4, 0.5) is 4.39 Å². The van der Waals surface area contributed by atoms with Crippen molar-refractivity contribution in [1.29, 1.82) is 0 Å². The first-order valence-electron chi connectivity index (χ1n) is 7.21. The number of carbonyl (C=O) groups is 1. The normalized spacial score (nSPS) is 16.3. The Kier molecular flexibility index (Phi) is 4.94. The van der Waals surface area contributed by atoms with Crippen molar-refractivity contribution < 1.29 is 9.18 Å². The number of carbonyl (C=O) groups excluding carboxylic acids is 1. The Bertz CT molecular complexity index is 438. The molecule has 1 amide bonds. The Morgan fingerprint density at radius 3 is 2.74 bits per heavy atom. The maximum Gasteiger partial charge on any atom is 0.254 e. The zero-order valence-corrected chi connectivity index (χ0v) is 11.5. The molecule has 1 aromatic rings. The van der Waals surface area contributed by atoms with E-state index in [0.29, 0.717) is 6.54 Å². The van der Waals surface area contributed by atoms with E-state index >= 15 is 0 Å². The number of rotatable bonds is 4. The Morgan fingerprint density at radius 2 is 2.05 bits per heavy atom. The molecule has 1 aliphatic rings. The van der Waals surface area contributed by atoms with Gasteiger partial charge in [0.05, 0.1) is 5.56 Å². The molecule has 0 aromatic heterocycles. The van der Waals surface area contributed by atoms with Gasteiger partial charge in [0.15, 0.2) is 0 Å². The molecular weight excluding hydrogens is 241 g/mol. The zero-order valence-electron chi connectivity index (χ0n) is 11.5. The Balaban J connectivity index is 1.80. The van der Waals surface area contributed by atoms with Crippen LogP contribution in [0.3, 0.4) is 0 Å². The largest absolute Gasteiger partial charge is 0.352 e. The van der Waals surface area contributed by atoms with Crippen LogP contribution < -0.4 is 5.32 Å². The number of aryl methyl sites for hydroxylation is 1. The van der Waals surface area contributed by atoms with Gasteiger partial charge in [0.25, 0.3) is 5.91 Å². The van der Waals surface area contributed by atoms with Gasteiger partial charge in [-0.2, -0.15) is 0 Å². The molecule has 0 spiro atoms. The fourth-order valence-electron chi connectivity index (χ4n) is 2.77. The SMILES string of the molecule is Cc1ccc(C(=O)NCCC2CCCCC2)c(F)c1. The van der Waals surface area contributed by atoms with Gasteiger partial charge in [-0.05, 0) is 37.0 Å². The lowest BCUT2D eigenvalue weighted by molar-refractivity contribution is 0.0946. The van der Waals surface area contributed by atoms with Crippen LogP contribution in [-0.2, 0) is 0 Å². The molecule has 0 radical (unpaired) electrons. The third-order valence-corrected chi connectivity index (χ3v) is 3.93. The second kappa shape index (κ2) is 6.69. The van der Waals surface area contributed by atoms with Crippen molar-refractivity contribution in [3.05, 3.63) is 35.1 Å². The molecule has 0 unspecified atom stereocenters. The first-order chi connectivity index (χ1) is 9.16. The minimum atomic E-state index is -0.435. The molecule has 1 aliphatic carbocycles. The highest BCUT2D eigenvalue weighted by Gasteiger charge is 2.15. The van der Waals surface area contributed by atoms with Crippen LogP contribution in [0.15, 0.2) is 18.2 Å². The monoisotopic (exact) mass is 263 g/mol. The highest BCUT2D eigenvalue weighted by atomic mass is 19.1. The van der Waals surface area contributed by atoms with Crippen molar-refractivity contribution in [2.45, 2.75) is 45.4 Å². The summed E-state index contributed by atoms with van der Waals surface area (Å²) in [6.45, 7) is 2.46. The summed E-state index contributed by atoms with van der Waals surface area (Å²) in [5.74, 6) is 0.000362. The summed E-state index contributed by atoms with van der Waals surface area (Å²) in [6.07, 6.45) is 7.52. The van der Waals surface area contributed by atoms with E-state index < -0.39 is 5.82 Å². The van der Waals surface area contributed by atoms with Gasteiger partial charge in [-0.15, -0.1) is 0 Å². The minimum absolute atomic E-state index is 0.147. The van der Waals surface area contributed by atoms with Crippen molar-refractivity contribution in [3.63, 3.8) is 0 Å². The van der Waals surface area contributed by atoms with Crippen LogP contribution in [-0.4, -0.2) is 12.5 Å². The second-order valence-corrected chi connectivity index (χ2v) is 5.53. The van der Waals surface area contributed by atoms with E-state index in [9.17, 15) is 9.18 Å². The Hall–Kier alpha value is -1.38. The molecule has 3 heteroatoms. The van der Waals surface area contributed by atoms with Gasteiger partial charge in [0.2, 0.25) is 0 Å². The van der Waals surface area contributed by atoms with E-state index in [4.69, 9.17) is 0 Å². The van der Waals surface area contributed by atoms with Gasteiger partial charge in [-0.25, -0.2) is 4.39 Å². The molecule has 1 fully saturated rings. The van der Waals surface area contributed by atoms with Gasteiger partial charge in [0, 0.05) is 6.54 Å². The number of amides is 1. The van der Waals surface area contributed by atoms with Crippen LogP contribution in [0, 0.1) is 18.7 Å². The highest BCUT2D eigenvalue weighted by molar-refractivity contribution is 5.94. The molecule has 0 bridgehead atoms. The second-order valence-electron chi connectivity index (χ2n) is 5.53. The average Bonchev–Trinajstić information content (AvgIpc) is 2.39. The Labute approximate surface area is 114 Å². The van der Waals surface area contributed by atoms with Gasteiger partial charge in [-0.1, -0.05) is 38.2 Å². The Morgan fingerprint density at radius 1 is 1.32 bits per heavy atom. The topological polar surface area (TPSA) is 29.1 Å². The molecule has 104 valence electrons. The van der Waals surface area contributed by atoms with Crippen LogP contribution in [0.5, 0.6) is 0 Å². The smallest absolute Gasteiger partial charge is 0.254 e. The molecule has 2 nitrogen and oxygen atoms in total. The van der Waals surface area contributed by atoms with Crippen molar-refractivity contribution >= 4 is 5.91 Å². The maximum atomic E-state index is 13.6. The molecule has 1 N–H and O–H groups in total. The summed E-state index contributed by atoms with van der Waals surface area (Å²) in [5, 5.41) is 2.83. The number of hydrogen-bond acceptors (Lipinski definition) is 1. The van der Waals surface area contributed by atoms with E-state index in [1.165, 1.54) is 38.2 Å². The van der Waals surface area contributed by atoms with Crippen molar-refractivity contribution in [2.75, 3.05) is 6.54 Å². The van der Waals surface area contributed by atoms with E-state index in [0.717, 1.165) is 17.9 Å². The van der Waals surface area contributed by atoms with Gasteiger partial charge in [-0.3, -0.25) is 4.79 Å². The number of nitrogens with one attached hydrogen (secondary N) is 1. The quantitative estimate of drug-likeness (QED) is 0.878. The predicted octanol–water partition coefficient (Wildman–Crippen LogP) is 3.83. The summed E-state index contributed by atoms with van der Waals surface area (Å²) in [4.78, 5) is 11.9. The summed E-state index contributed by atoms with van der Waals surface area (Å²) in [6, 6.07) is 4.72. The van der Waals surface area contributed by atoms with Crippen molar-refractivity contribution in [2.24, 2.45) is 5.92 Å². The van der Waals surface area contributed by atoms with E-state index in [1.54, 1.807) is 12.1 Å². The summed E-state index contributed by atoms with van der Waals surface area (Å²) in [7, 11) is 0. The first-order valence-corrected chi connectivity index (χ1v) is 7.21. The number of hydrogen-bond donors (Lipinski definition) is 1. The van der Waals surface area contributed by atoms with Gasteiger partial charge >= 0.3 is 0 Å². The fraction of sp³-hybridized carbons (Fsp3) is 0.562. The van der Waals surface area contributed by atoms with E-state index in [1.807, 2.05) is 6.92 Å². The summed E-state index contributed by atoms with van der Waals surface area (Å²) >= 11 is 0. The standard InChI is InChI=1S/C16H22FNO/c1-12-7-8-14(15(17)11-12)16(19)18-10-9-13-5-3-2-4-6-13/h7-8,11,13H,2-6,9-10H2,1H3,(H,18,19). The predicted molar refractivity (Wildman–Crippen MR) is 74.7 cm³/mol. The van der Waals surface area contributed by atoms with Crippen LogP contribution in [0.2, 0.25) is 0 Å². The maximum absolute atomic E-state index is 13.6. The van der Waals surface area contributed by atoms with Gasteiger partial charge < -0.3 is 5.32 Å². The van der Waals surface area contributed by atoms with E-state index in [2.05, 4.69) is 5.32 Å². The molecule has 19 heavy (non-hydrogen) atoms. The van der Waals surface area contributed by atoms with Crippen LogP contribution >= 0.6 is 0 Å². The van der Waals surface area contributed by atoms with Crippen LogP contribution in [0.25, 0.3) is 0 Å².